The van der Waals surface area contributed by atoms with Gasteiger partial charge in [0.15, 0.2) is 0 Å². The Morgan fingerprint density at radius 3 is 2.68 bits per heavy atom. The van der Waals surface area contributed by atoms with Crippen LogP contribution in [0.15, 0.2) is 24.3 Å². The topological polar surface area (TPSA) is 21.3 Å². The minimum absolute atomic E-state index is 0.380. The molecule has 0 saturated carbocycles. The number of hydrogen-bond acceptors (Lipinski definition) is 2. The molecule has 0 saturated heterocycles. The van der Waals surface area contributed by atoms with Gasteiger partial charge in [0.2, 0.25) is 0 Å². The van der Waals surface area contributed by atoms with Gasteiger partial charge in [-0.1, -0.05) is 45.2 Å². The van der Waals surface area contributed by atoms with Gasteiger partial charge in [0.25, 0.3) is 0 Å². The number of benzene rings is 1. The number of nitrogens with one attached hydrogen (secondary N) is 1. The van der Waals surface area contributed by atoms with E-state index >= 15 is 0 Å². The van der Waals surface area contributed by atoms with Crippen molar-refractivity contribution in [3.05, 3.63) is 29.8 Å². The Hall–Kier alpha value is -1.02. The largest absolute Gasteiger partial charge is 0.497 e. The lowest BCUT2D eigenvalue weighted by molar-refractivity contribution is 0.395. The Bertz CT molecular complexity index is 351. The first-order valence-electron chi connectivity index (χ1n) is 7.58. The van der Waals surface area contributed by atoms with E-state index in [-0.39, 0.29) is 0 Å². The van der Waals surface area contributed by atoms with Crippen LogP contribution in [0.2, 0.25) is 0 Å². The van der Waals surface area contributed by atoms with Gasteiger partial charge >= 0.3 is 0 Å². The van der Waals surface area contributed by atoms with Gasteiger partial charge in [0.05, 0.1) is 7.11 Å². The predicted molar refractivity (Wildman–Crippen MR) is 82.7 cm³/mol. The average molecular weight is 263 g/mol. The molecular weight excluding hydrogens is 234 g/mol. The Morgan fingerprint density at radius 2 is 2.05 bits per heavy atom. The van der Waals surface area contributed by atoms with Crippen molar-refractivity contribution in [3.8, 4) is 5.75 Å². The minimum atomic E-state index is 0.380. The summed E-state index contributed by atoms with van der Waals surface area (Å²) in [4.78, 5) is 0. The van der Waals surface area contributed by atoms with Gasteiger partial charge in [0.1, 0.15) is 5.75 Å². The monoisotopic (exact) mass is 263 g/mol. The van der Waals surface area contributed by atoms with Crippen LogP contribution >= 0.6 is 0 Å². The summed E-state index contributed by atoms with van der Waals surface area (Å²) >= 11 is 0. The third-order valence-electron chi connectivity index (χ3n) is 3.85. The van der Waals surface area contributed by atoms with Gasteiger partial charge in [-0.2, -0.15) is 0 Å². The van der Waals surface area contributed by atoms with Crippen LogP contribution in [0.3, 0.4) is 0 Å². The maximum absolute atomic E-state index is 5.28. The fourth-order valence-electron chi connectivity index (χ4n) is 2.32. The zero-order valence-electron chi connectivity index (χ0n) is 12.9. The van der Waals surface area contributed by atoms with Crippen LogP contribution in [-0.2, 0) is 0 Å². The van der Waals surface area contributed by atoms with Gasteiger partial charge in [-0.3, -0.25) is 0 Å². The Balaban J connectivity index is 2.46. The molecule has 0 spiro atoms. The van der Waals surface area contributed by atoms with Gasteiger partial charge < -0.3 is 10.1 Å². The molecule has 0 fully saturated rings. The van der Waals surface area contributed by atoms with E-state index in [1.165, 1.54) is 31.2 Å². The number of ether oxygens (including phenoxy) is 1. The van der Waals surface area contributed by atoms with Crippen LogP contribution in [0.4, 0.5) is 0 Å². The summed E-state index contributed by atoms with van der Waals surface area (Å²) in [5.41, 5.74) is 1.30. The molecular formula is C17H29NO. The van der Waals surface area contributed by atoms with Crippen molar-refractivity contribution in [2.45, 2.75) is 52.5 Å². The highest BCUT2D eigenvalue weighted by Gasteiger charge is 2.10. The predicted octanol–water partition coefficient (Wildman–Crippen LogP) is 4.56. The van der Waals surface area contributed by atoms with Crippen molar-refractivity contribution >= 4 is 0 Å². The highest BCUT2D eigenvalue weighted by atomic mass is 16.5. The highest BCUT2D eigenvalue weighted by Crippen LogP contribution is 2.20. The second-order valence-corrected chi connectivity index (χ2v) is 5.32. The molecule has 0 aliphatic carbocycles. The number of hydrogen-bond donors (Lipinski definition) is 1. The first-order chi connectivity index (χ1) is 9.21. The number of unbranched alkanes of at least 4 members (excludes halogenated alkanes) is 1. The third kappa shape index (κ3) is 5.65. The summed E-state index contributed by atoms with van der Waals surface area (Å²) in [6.45, 7) is 7.88. The van der Waals surface area contributed by atoms with Crippen molar-refractivity contribution in [2.75, 3.05) is 13.7 Å². The van der Waals surface area contributed by atoms with E-state index < -0.39 is 0 Å². The van der Waals surface area contributed by atoms with Crippen molar-refractivity contribution in [1.29, 1.82) is 0 Å². The third-order valence-corrected chi connectivity index (χ3v) is 3.85. The standard InChI is InChI=1S/C17H29NO/c1-5-7-9-15(6-2)13-18-14(3)16-10-8-11-17(12-16)19-4/h8,10-12,14-15,18H,5-7,9,13H2,1-4H3/t14-,15?/m1/s1. The van der Waals surface area contributed by atoms with Gasteiger partial charge in [-0.15, -0.1) is 0 Å². The quantitative estimate of drug-likeness (QED) is 0.705. The van der Waals surface area contributed by atoms with Crippen LogP contribution in [-0.4, -0.2) is 13.7 Å². The van der Waals surface area contributed by atoms with E-state index in [0.29, 0.717) is 6.04 Å². The van der Waals surface area contributed by atoms with Crippen molar-refractivity contribution in [2.24, 2.45) is 5.92 Å². The highest BCUT2D eigenvalue weighted by molar-refractivity contribution is 5.30. The Morgan fingerprint density at radius 1 is 1.26 bits per heavy atom. The first-order valence-corrected chi connectivity index (χ1v) is 7.58. The first kappa shape index (κ1) is 16.0. The summed E-state index contributed by atoms with van der Waals surface area (Å²) in [6.07, 6.45) is 5.23. The summed E-state index contributed by atoms with van der Waals surface area (Å²) in [7, 11) is 1.72. The molecule has 0 radical (unpaired) electrons. The van der Waals surface area contributed by atoms with Crippen molar-refractivity contribution in [3.63, 3.8) is 0 Å². The van der Waals surface area contributed by atoms with E-state index in [1.807, 2.05) is 6.07 Å². The van der Waals surface area contributed by atoms with Gasteiger partial charge in [0, 0.05) is 6.04 Å². The fraction of sp³-hybridized carbons (Fsp3) is 0.647. The molecule has 2 nitrogen and oxygen atoms in total. The molecule has 108 valence electrons. The van der Waals surface area contributed by atoms with E-state index in [4.69, 9.17) is 4.74 Å². The molecule has 0 aliphatic heterocycles. The maximum atomic E-state index is 5.28. The molecule has 1 rings (SSSR count). The lowest BCUT2D eigenvalue weighted by Gasteiger charge is -2.20. The van der Waals surface area contributed by atoms with E-state index in [1.54, 1.807) is 7.11 Å². The van der Waals surface area contributed by atoms with Crippen LogP contribution in [0.25, 0.3) is 0 Å². The second kappa shape index (κ2) is 8.98. The minimum Gasteiger partial charge on any atom is -0.497 e. The summed E-state index contributed by atoms with van der Waals surface area (Å²) in [5, 5.41) is 3.65. The number of methoxy groups -OCH3 is 1. The summed E-state index contributed by atoms with van der Waals surface area (Å²) in [5.74, 6) is 1.73. The van der Waals surface area contributed by atoms with Crippen LogP contribution in [0.5, 0.6) is 5.75 Å². The SMILES string of the molecule is CCCCC(CC)CN[C@H](C)c1cccc(OC)c1. The van der Waals surface area contributed by atoms with E-state index in [0.717, 1.165) is 18.2 Å². The molecule has 0 aliphatic rings. The zero-order chi connectivity index (χ0) is 14.1. The summed E-state index contributed by atoms with van der Waals surface area (Å²) in [6, 6.07) is 8.70. The molecule has 1 aromatic carbocycles. The molecule has 1 N–H and O–H groups in total. The lowest BCUT2D eigenvalue weighted by Crippen LogP contribution is -2.25. The average Bonchev–Trinajstić information content (AvgIpc) is 2.47. The molecule has 19 heavy (non-hydrogen) atoms. The Kier molecular flexibility index (Phi) is 7.57. The van der Waals surface area contributed by atoms with Gasteiger partial charge in [-0.25, -0.2) is 0 Å². The second-order valence-electron chi connectivity index (χ2n) is 5.32. The normalized spacial score (nSPS) is 14.1. The molecule has 0 bridgehead atoms. The van der Waals surface area contributed by atoms with E-state index in [9.17, 15) is 0 Å². The summed E-state index contributed by atoms with van der Waals surface area (Å²) < 4.78 is 5.28. The van der Waals surface area contributed by atoms with Crippen LogP contribution < -0.4 is 10.1 Å². The van der Waals surface area contributed by atoms with Gasteiger partial charge in [-0.05, 0) is 43.5 Å². The fourth-order valence-corrected chi connectivity index (χ4v) is 2.32. The van der Waals surface area contributed by atoms with E-state index in [2.05, 4.69) is 44.3 Å². The smallest absolute Gasteiger partial charge is 0.119 e. The zero-order valence-corrected chi connectivity index (χ0v) is 12.9. The van der Waals surface area contributed by atoms with Crippen molar-refractivity contribution < 1.29 is 4.74 Å². The molecule has 0 aromatic heterocycles. The molecule has 1 unspecified atom stereocenters. The lowest BCUT2D eigenvalue weighted by atomic mass is 9.98. The number of rotatable bonds is 9. The molecule has 2 atom stereocenters. The maximum Gasteiger partial charge on any atom is 0.119 e. The molecule has 0 heterocycles. The van der Waals surface area contributed by atoms with Crippen LogP contribution in [0, 0.1) is 5.92 Å². The molecule has 1 aromatic rings. The molecule has 0 amide bonds. The molecule has 2 heteroatoms. The van der Waals surface area contributed by atoms with Crippen molar-refractivity contribution in [1.82, 2.24) is 5.32 Å². The Labute approximate surface area is 118 Å². The van der Waals surface area contributed by atoms with Crippen LogP contribution in [0.1, 0.15) is 58.1 Å².